The monoisotopic (exact) mass is 600 g/mol. The summed E-state index contributed by atoms with van der Waals surface area (Å²) < 4.78 is 0. The van der Waals surface area contributed by atoms with E-state index in [0.717, 1.165) is 54.3 Å². The summed E-state index contributed by atoms with van der Waals surface area (Å²) in [5, 5.41) is 2.40. The Bertz CT molecular complexity index is 1760. The van der Waals surface area contributed by atoms with E-state index in [1.807, 2.05) is 22.2 Å². The van der Waals surface area contributed by atoms with Gasteiger partial charge in [0.1, 0.15) is 5.82 Å². The van der Waals surface area contributed by atoms with Crippen LogP contribution in [0.1, 0.15) is 58.3 Å². The predicted molar refractivity (Wildman–Crippen MR) is 180 cm³/mol. The van der Waals surface area contributed by atoms with Crippen LogP contribution in [0.5, 0.6) is 0 Å². The number of likely N-dealkylation sites (tertiary alicyclic amines) is 2. The number of benzene rings is 3. The average Bonchev–Trinajstić information content (AvgIpc) is 3.89. The van der Waals surface area contributed by atoms with Gasteiger partial charge in [-0.1, -0.05) is 48.5 Å². The van der Waals surface area contributed by atoms with Gasteiger partial charge in [0.2, 0.25) is 11.8 Å². The summed E-state index contributed by atoms with van der Waals surface area (Å²) in [5.74, 6) is 1.20. The molecule has 3 aromatic carbocycles. The topological polar surface area (TPSA) is 98.0 Å². The van der Waals surface area contributed by atoms with Crippen molar-refractivity contribution in [3.8, 4) is 46.5 Å². The number of hydrogen-bond acceptors (Lipinski definition) is 4. The molecule has 2 amide bonds. The lowest BCUT2D eigenvalue weighted by molar-refractivity contribution is -0.131. The van der Waals surface area contributed by atoms with Crippen LogP contribution in [0.4, 0.5) is 0 Å². The Morgan fingerprint density at radius 1 is 0.778 bits per heavy atom. The molecule has 2 N–H and O–H groups in total. The zero-order valence-electron chi connectivity index (χ0n) is 26.2. The molecule has 0 aliphatic carbocycles. The molecule has 0 radical (unpaired) electrons. The number of terminal acetylenes is 1. The molecule has 2 aromatic heterocycles. The molecular weight excluding hydrogens is 560 g/mol. The molecule has 7 rings (SSSR count). The van der Waals surface area contributed by atoms with Gasteiger partial charge >= 0.3 is 0 Å². The molecule has 4 heterocycles. The maximum Gasteiger partial charge on any atom is 0.220 e. The van der Waals surface area contributed by atoms with E-state index in [-0.39, 0.29) is 23.9 Å². The number of hydrogen-bond donors (Lipinski definition) is 2. The minimum Gasteiger partial charge on any atom is -0.345 e. The van der Waals surface area contributed by atoms with Gasteiger partial charge in [-0.15, -0.1) is 12.8 Å². The fourth-order valence-corrected chi connectivity index (χ4v) is 6.32. The number of H-pyrrole nitrogens is 2. The zero-order valence-corrected chi connectivity index (χ0v) is 26.2. The Hall–Kier alpha value is -5.16. The molecule has 0 unspecified atom stereocenters. The highest BCUT2D eigenvalue weighted by Gasteiger charge is 2.35. The molecule has 0 spiro atoms. The molecule has 2 fully saturated rings. The first-order chi connectivity index (χ1) is 21.9. The second kappa shape index (κ2) is 14.1. The molecule has 5 aromatic rings. The number of fused-ring (bicyclic) bond motifs is 1. The standard InChI is InChI=1S/C29H27N5O.C6H11NO.C2H2/c1-18-3-12-28(34(18)19(2)35)29-31-16-27(33-29)21-6-4-20(5-7-21)22-8-9-24-14-25(11-10-23(24)13-22)26-15-30-17-32-26;1-6(8)7-4-2-3-5-7;1-2/h4-11,13-18,28H,3,12H2,1-2H3,(H,30,32)(H,31,33);2-5H2,1H3;1-2H/t18-,28-;;/m0../s1. The van der Waals surface area contributed by atoms with Crippen LogP contribution in [0.3, 0.4) is 0 Å². The lowest BCUT2D eigenvalue weighted by atomic mass is 9.98. The van der Waals surface area contributed by atoms with Crippen LogP contribution in [-0.4, -0.2) is 60.7 Å². The second-order valence-electron chi connectivity index (χ2n) is 11.6. The van der Waals surface area contributed by atoms with Crippen molar-refractivity contribution in [2.45, 2.75) is 58.5 Å². The minimum atomic E-state index is 0.0295. The third-order valence-electron chi connectivity index (χ3n) is 8.67. The highest BCUT2D eigenvalue weighted by Crippen LogP contribution is 2.36. The summed E-state index contributed by atoms with van der Waals surface area (Å²) >= 11 is 0. The number of aromatic amines is 2. The molecule has 8 nitrogen and oxygen atoms in total. The number of carbonyl (C=O) groups is 2. The summed E-state index contributed by atoms with van der Waals surface area (Å²) in [6.07, 6.45) is 17.8. The first-order valence-electron chi connectivity index (χ1n) is 15.4. The summed E-state index contributed by atoms with van der Waals surface area (Å²) in [6.45, 7) is 7.34. The molecule has 0 saturated carbocycles. The summed E-state index contributed by atoms with van der Waals surface area (Å²) in [6, 6.07) is 21.9. The van der Waals surface area contributed by atoms with Gasteiger partial charge in [0.15, 0.2) is 0 Å². The minimum absolute atomic E-state index is 0.0295. The normalized spacial score (nSPS) is 17.4. The number of nitrogens with zero attached hydrogens (tertiary/aromatic N) is 4. The number of carbonyl (C=O) groups excluding carboxylic acids is 2. The Balaban J connectivity index is 0.000000346. The predicted octanol–water partition coefficient (Wildman–Crippen LogP) is 7.24. The smallest absolute Gasteiger partial charge is 0.220 e. The number of aromatic nitrogens is 4. The highest BCUT2D eigenvalue weighted by molar-refractivity contribution is 5.90. The number of amides is 2. The third-order valence-corrected chi connectivity index (χ3v) is 8.67. The van der Waals surface area contributed by atoms with Gasteiger partial charge in [0.05, 0.1) is 36.2 Å². The number of rotatable bonds is 4. The van der Waals surface area contributed by atoms with Gasteiger partial charge in [-0.25, -0.2) is 9.97 Å². The molecule has 8 heteroatoms. The van der Waals surface area contributed by atoms with E-state index in [1.165, 1.54) is 34.7 Å². The first-order valence-corrected chi connectivity index (χ1v) is 15.4. The van der Waals surface area contributed by atoms with Crippen molar-refractivity contribution in [1.29, 1.82) is 0 Å². The van der Waals surface area contributed by atoms with Crippen molar-refractivity contribution in [1.82, 2.24) is 29.7 Å². The van der Waals surface area contributed by atoms with Crippen LogP contribution in [0, 0.1) is 12.8 Å². The second-order valence-corrected chi connectivity index (χ2v) is 11.6. The maximum atomic E-state index is 12.1. The third kappa shape index (κ3) is 6.99. The Kier molecular flexibility index (Phi) is 9.79. The Morgan fingerprint density at radius 2 is 1.40 bits per heavy atom. The van der Waals surface area contributed by atoms with Crippen molar-refractivity contribution in [3.63, 3.8) is 0 Å². The van der Waals surface area contributed by atoms with E-state index in [1.54, 1.807) is 20.2 Å². The van der Waals surface area contributed by atoms with Gasteiger partial charge in [0.25, 0.3) is 0 Å². The summed E-state index contributed by atoms with van der Waals surface area (Å²) in [7, 11) is 0. The molecule has 2 atom stereocenters. The SMILES string of the molecule is C#C.CC(=O)N1CCCC1.CC(=O)N1[C@@H](C)CC[C@H]1c1ncc(-c2ccc(-c3ccc4cc(-c5cnc[nH]5)ccc4c3)cc2)[nH]1. The summed E-state index contributed by atoms with van der Waals surface area (Å²) in [5.41, 5.74) is 6.55. The molecule has 45 heavy (non-hydrogen) atoms. The number of nitrogens with one attached hydrogen (secondary N) is 2. The van der Waals surface area contributed by atoms with E-state index in [2.05, 4.69) is 100 Å². The van der Waals surface area contributed by atoms with E-state index in [0.29, 0.717) is 0 Å². The van der Waals surface area contributed by atoms with E-state index in [4.69, 9.17) is 0 Å². The van der Waals surface area contributed by atoms with Crippen LogP contribution < -0.4 is 0 Å². The Morgan fingerprint density at radius 3 is 2.00 bits per heavy atom. The van der Waals surface area contributed by atoms with Crippen LogP contribution in [-0.2, 0) is 9.59 Å². The van der Waals surface area contributed by atoms with Gasteiger partial charge in [0, 0.05) is 38.5 Å². The molecule has 2 saturated heterocycles. The van der Waals surface area contributed by atoms with Crippen molar-refractivity contribution >= 4 is 22.6 Å². The molecule has 2 aliphatic heterocycles. The average molecular weight is 601 g/mol. The van der Waals surface area contributed by atoms with E-state index >= 15 is 0 Å². The molecule has 0 bridgehead atoms. The fraction of sp³-hybridized carbons (Fsp3) is 0.297. The van der Waals surface area contributed by atoms with Crippen LogP contribution in [0.25, 0.3) is 44.4 Å². The van der Waals surface area contributed by atoms with Crippen LogP contribution >= 0.6 is 0 Å². The largest absolute Gasteiger partial charge is 0.345 e. The first kappa shape index (κ1) is 31.3. The molecule has 2 aliphatic rings. The van der Waals surface area contributed by atoms with Gasteiger partial charge in [-0.05, 0) is 72.2 Å². The molecule has 230 valence electrons. The van der Waals surface area contributed by atoms with Gasteiger partial charge in [-0.3, -0.25) is 9.59 Å². The van der Waals surface area contributed by atoms with Gasteiger partial charge in [-0.2, -0.15) is 0 Å². The lowest BCUT2D eigenvalue weighted by Crippen LogP contribution is -2.34. The zero-order chi connectivity index (χ0) is 31.9. The molecular formula is C37H40N6O2. The van der Waals surface area contributed by atoms with Crippen LogP contribution in [0.15, 0.2) is 79.4 Å². The van der Waals surface area contributed by atoms with Crippen molar-refractivity contribution in [3.05, 3.63) is 85.2 Å². The maximum absolute atomic E-state index is 12.1. The van der Waals surface area contributed by atoms with Crippen molar-refractivity contribution < 1.29 is 9.59 Å². The van der Waals surface area contributed by atoms with E-state index in [9.17, 15) is 9.59 Å². The van der Waals surface area contributed by atoms with Crippen LogP contribution in [0.2, 0.25) is 0 Å². The van der Waals surface area contributed by atoms with Gasteiger partial charge < -0.3 is 19.8 Å². The van der Waals surface area contributed by atoms with E-state index < -0.39 is 0 Å². The lowest BCUT2D eigenvalue weighted by Gasteiger charge is -2.25. The van der Waals surface area contributed by atoms with Crippen molar-refractivity contribution in [2.24, 2.45) is 0 Å². The quantitative estimate of drug-likeness (QED) is 0.213. The highest BCUT2D eigenvalue weighted by atomic mass is 16.2. The Labute approximate surface area is 264 Å². The fourth-order valence-electron chi connectivity index (χ4n) is 6.32. The number of imidazole rings is 2. The summed E-state index contributed by atoms with van der Waals surface area (Å²) in [4.78, 5) is 41.9. The van der Waals surface area contributed by atoms with Crippen molar-refractivity contribution in [2.75, 3.05) is 13.1 Å².